The lowest BCUT2D eigenvalue weighted by molar-refractivity contribution is 0.153. The van der Waals surface area contributed by atoms with Gasteiger partial charge >= 0.3 is 0 Å². The molecule has 2 aromatic heterocycles. The maximum Gasteiger partial charge on any atom is 0.264 e. The number of alkyl halides is 2. The molecule has 2 heterocycles. The van der Waals surface area contributed by atoms with Crippen molar-refractivity contribution in [3.05, 3.63) is 56.0 Å². The van der Waals surface area contributed by atoms with Crippen molar-refractivity contribution in [3.63, 3.8) is 0 Å². The number of methoxy groups -OCH3 is 1. The molecule has 3 rings (SSSR count). The molecule has 1 N–H and O–H groups in total. The van der Waals surface area contributed by atoms with Gasteiger partial charge in [-0.15, -0.1) is 0 Å². The minimum absolute atomic E-state index is 0.0959. The molecule has 0 bridgehead atoms. The van der Waals surface area contributed by atoms with E-state index in [-0.39, 0.29) is 29.0 Å². The van der Waals surface area contributed by atoms with E-state index in [0.29, 0.717) is 16.3 Å². The Bertz CT molecular complexity index is 1060. The van der Waals surface area contributed by atoms with Crippen LogP contribution in [0.1, 0.15) is 12.0 Å². The largest absolute Gasteiger partial charge is 0.383 e. The van der Waals surface area contributed by atoms with Crippen LogP contribution in [-0.2, 0) is 11.3 Å². The Morgan fingerprint density at radius 2 is 2.04 bits per heavy atom. The highest BCUT2D eigenvalue weighted by atomic mass is 35.5. The molecule has 136 valence electrons. The molecule has 0 aliphatic heterocycles. The lowest BCUT2D eigenvalue weighted by Gasteiger charge is -2.14. The molecule has 0 fully saturated rings. The zero-order valence-electron chi connectivity index (χ0n) is 13.6. The maximum absolute atomic E-state index is 13.7. The number of benzene rings is 1. The van der Waals surface area contributed by atoms with Crippen molar-refractivity contribution in [2.75, 3.05) is 13.7 Å². The van der Waals surface area contributed by atoms with Crippen LogP contribution in [0.15, 0.2) is 35.1 Å². The Morgan fingerprint density at radius 3 is 2.65 bits per heavy atom. The Labute approximate surface area is 157 Å². The standard InChI is InChI=1S/C17H14ClF2N3O2S/c1-25-7-6-23-15-13(16(24)22-17(23)26)11(14(19)20)8-12(21-15)9-2-4-10(18)5-3-9/h2-5,8,14H,6-7H2,1H3,(H,22,24,26). The fraction of sp³-hybridized carbons (Fsp3) is 0.235. The Kier molecular flexibility index (Phi) is 5.45. The van der Waals surface area contributed by atoms with Gasteiger partial charge in [-0.3, -0.25) is 9.78 Å². The first kappa shape index (κ1) is 18.6. The van der Waals surface area contributed by atoms with Crippen LogP contribution in [0.2, 0.25) is 5.02 Å². The van der Waals surface area contributed by atoms with Crippen molar-refractivity contribution in [2.24, 2.45) is 0 Å². The van der Waals surface area contributed by atoms with Gasteiger partial charge in [-0.1, -0.05) is 23.7 Å². The minimum Gasteiger partial charge on any atom is -0.383 e. The van der Waals surface area contributed by atoms with E-state index in [1.165, 1.54) is 17.7 Å². The molecule has 0 spiro atoms. The summed E-state index contributed by atoms with van der Waals surface area (Å²) < 4.78 is 33.9. The van der Waals surface area contributed by atoms with Gasteiger partial charge in [0.25, 0.3) is 12.0 Å². The molecule has 9 heteroatoms. The molecule has 5 nitrogen and oxygen atoms in total. The van der Waals surface area contributed by atoms with E-state index in [1.807, 2.05) is 0 Å². The number of halogens is 3. The third kappa shape index (κ3) is 3.53. The van der Waals surface area contributed by atoms with Crippen LogP contribution in [-0.4, -0.2) is 28.3 Å². The van der Waals surface area contributed by atoms with Gasteiger partial charge in [0, 0.05) is 23.3 Å². The predicted octanol–water partition coefficient (Wildman–Crippen LogP) is 4.36. The molecule has 0 amide bonds. The molecule has 3 aromatic rings. The first-order chi connectivity index (χ1) is 12.4. The van der Waals surface area contributed by atoms with E-state index in [0.717, 1.165) is 0 Å². The topological polar surface area (TPSA) is 59.9 Å². The molecule has 0 aliphatic carbocycles. The number of fused-ring (bicyclic) bond motifs is 1. The predicted molar refractivity (Wildman–Crippen MR) is 98.5 cm³/mol. The summed E-state index contributed by atoms with van der Waals surface area (Å²) in [6.07, 6.45) is -2.85. The molecular weight excluding hydrogens is 384 g/mol. The number of H-pyrrole nitrogens is 1. The Hall–Kier alpha value is -2.16. The quantitative estimate of drug-likeness (QED) is 0.650. The van der Waals surface area contributed by atoms with E-state index in [4.69, 9.17) is 28.6 Å². The highest BCUT2D eigenvalue weighted by molar-refractivity contribution is 7.71. The number of nitrogens with zero attached hydrogens (tertiary/aromatic N) is 2. The summed E-state index contributed by atoms with van der Waals surface area (Å²) in [6.45, 7) is 0.550. The van der Waals surface area contributed by atoms with Crippen LogP contribution in [0.4, 0.5) is 8.78 Å². The number of hydrogen-bond acceptors (Lipinski definition) is 4. The summed E-state index contributed by atoms with van der Waals surface area (Å²) in [6, 6.07) is 7.84. The smallest absolute Gasteiger partial charge is 0.264 e. The van der Waals surface area contributed by atoms with Crippen LogP contribution in [0.25, 0.3) is 22.3 Å². The van der Waals surface area contributed by atoms with Gasteiger partial charge < -0.3 is 9.30 Å². The second-order valence-corrected chi connectivity index (χ2v) is 6.33. The van der Waals surface area contributed by atoms with Crippen LogP contribution in [0, 0.1) is 4.77 Å². The van der Waals surface area contributed by atoms with Gasteiger partial charge in [-0.25, -0.2) is 13.8 Å². The van der Waals surface area contributed by atoms with Crippen molar-refractivity contribution >= 4 is 34.9 Å². The molecule has 1 aromatic carbocycles. The molecule has 0 radical (unpaired) electrons. The van der Waals surface area contributed by atoms with Crippen LogP contribution in [0.3, 0.4) is 0 Å². The number of nitrogens with one attached hydrogen (secondary N) is 1. The Morgan fingerprint density at radius 1 is 1.35 bits per heavy atom. The molecule has 0 aliphatic rings. The molecular formula is C17H14ClF2N3O2S. The van der Waals surface area contributed by atoms with E-state index < -0.39 is 17.5 Å². The highest BCUT2D eigenvalue weighted by Gasteiger charge is 2.20. The molecule has 0 saturated carbocycles. The maximum atomic E-state index is 13.7. The van der Waals surface area contributed by atoms with Gasteiger partial charge in [-0.05, 0) is 30.4 Å². The molecule has 0 unspecified atom stereocenters. The summed E-state index contributed by atoms with van der Waals surface area (Å²) in [5.74, 6) is 0. The molecule has 26 heavy (non-hydrogen) atoms. The number of rotatable bonds is 5. The second-order valence-electron chi connectivity index (χ2n) is 5.51. The van der Waals surface area contributed by atoms with Crippen LogP contribution < -0.4 is 5.56 Å². The van der Waals surface area contributed by atoms with Crippen molar-refractivity contribution in [1.29, 1.82) is 0 Å². The number of hydrogen-bond donors (Lipinski definition) is 1. The average molecular weight is 398 g/mol. The highest BCUT2D eigenvalue weighted by Crippen LogP contribution is 2.30. The summed E-state index contributed by atoms with van der Waals surface area (Å²) in [4.78, 5) is 19.2. The van der Waals surface area contributed by atoms with E-state index in [9.17, 15) is 13.6 Å². The van der Waals surface area contributed by atoms with Gasteiger partial charge in [0.15, 0.2) is 4.77 Å². The molecule has 0 saturated heterocycles. The van der Waals surface area contributed by atoms with Crippen LogP contribution >= 0.6 is 23.8 Å². The van der Waals surface area contributed by atoms with Gasteiger partial charge in [0.05, 0.1) is 24.2 Å². The lowest BCUT2D eigenvalue weighted by atomic mass is 10.1. The van der Waals surface area contributed by atoms with Gasteiger partial charge in [0.1, 0.15) is 5.65 Å². The number of pyridine rings is 1. The van der Waals surface area contributed by atoms with E-state index in [1.54, 1.807) is 24.3 Å². The van der Waals surface area contributed by atoms with Crippen molar-refractivity contribution in [1.82, 2.24) is 14.5 Å². The minimum atomic E-state index is -2.85. The second kappa shape index (κ2) is 7.61. The van der Waals surface area contributed by atoms with Crippen molar-refractivity contribution in [3.8, 4) is 11.3 Å². The van der Waals surface area contributed by atoms with E-state index >= 15 is 0 Å². The fourth-order valence-electron chi connectivity index (χ4n) is 2.63. The first-order valence-corrected chi connectivity index (χ1v) is 8.41. The van der Waals surface area contributed by atoms with Crippen molar-refractivity contribution < 1.29 is 13.5 Å². The summed E-state index contributed by atoms with van der Waals surface area (Å²) in [5, 5.41) is 0.338. The molecule has 0 atom stereocenters. The average Bonchev–Trinajstić information content (AvgIpc) is 2.61. The number of aromatic amines is 1. The summed E-state index contributed by atoms with van der Waals surface area (Å²) in [5.41, 5.74) is -0.0941. The summed E-state index contributed by atoms with van der Waals surface area (Å²) >= 11 is 11.1. The van der Waals surface area contributed by atoms with Gasteiger partial charge in [-0.2, -0.15) is 0 Å². The van der Waals surface area contributed by atoms with Gasteiger partial charge in [0.2, 0.25) is 0 Å². The van der Waals surface area contributed by atoms with Crippen LogP contribution in [0.5, 0.6) is 0 Å². The zero-order valence-corrected chi connectivity index (χ0v) is 15.2. The monoisotopic (exact) mass is 397 g/mol. The van der Waals surface area contributed by atoms with Crippen molar-refractivity contribution in [2.45, 2.75) is 13.0 Å². The zero-order chi connectivity index (χ0) is 18.8. The normalized spacial score (nSPS) is 11.4. The number of ether oxygens (including phenoxy) is 1. The third-order valence-corrected chi connectivity index (χ3v) is 4.45. The summed E-state index contributed by atoms with van der Waals surface area (Å²) in [7, 11) is 1.51. The lowest BCUT2D eigenvalue weighted by Crippen LogP contribution is -2.19. The SMILES string of the molecule is COCCn1c(=S)[nH]c(=O)c2c(C(F)F)cc(-c3ccc(Cl)cc3)nc21. The first-order valence-electron chi connectivity index (χ1n) is 7.63. The number of aromatic nitrogens is 3. The third-order valence-electron chi connectivity index (χ3n) is 3.87. The fourth-order valence-corrected chi connectivity index (χ4v) is 3.03. The Balaban J connectivity index is 2.37. The van der Waals surface area contributed by atoms with E-state index in [2.05, 4.69) is 9.97 Å².